The molecule has 1 aromatic rings. The molecule has 0 aliphatic carbocycles. The number of rotatable bonds is 7. The summed E-state index contributed by atoms with van der Waals surface area (Å²) >= 11 is 0. The normalized spacial score (nSPS) is 12.1. The van der Waals surface area contributed by atoms with E-state index < -0.39 is 21.2 Å². The van der Waals surface area contributed by atoms with E-state index in [2.05, 4.69) is 0 Å². The van der Waals surface area contributed by atoms with E-state index in [0.29, 0.717) is 18.7 Å². The van der Waals surface area contributed by atoms with E-state index in [1.165, 1.54) is 12.3 Å². The average Bonchev–Trinajstić information content (AvgIpc) is 2.47. The molecule has 0 fully saturated rings. The predicted molar refractivity (Wildman–Crippen MR) is 79.4 cm³/mol. The zero-order valence-corrected chi connectivity index (χ0v) is 11.9. The van der Waals surface area contributed by atoms with Crippen molar-refractivity contribution in [3.63, 3.8) is 0 Å². The van der Waals surface area contributed by atoms with E-state index >= 15 is 0 Å². The van der Waals surface area contributed by atoms with Gasteiger partial charge in [0.15, 0.2) is 0 Å². The van der Waals surface area contributed by atoms with Gasteiger partial charge in [-0.3, -0.25) is 20.2 Å². The second kappa shape index (κ2) is 7.78. The maximum atomic E-state index is 11.2. The molecule has 1 rings (SSSR count). The fourth-order valence-corrected chi connectivity index (χ4v) is 1.71. The van der Waals surface area contributed by atoms with Crippen molar-refractivity contribution in [1.82, 2.24) is 4.90 Å². The van der Waals surface area contributed by atoms with Gasteiger partial charge >= 0.3 is 11.4 Å². The van der Waals surface area contributed by atoms with Crippen LogP contribution < -0.4 is 0 Å². The Labute approximate surface area is 122 Å². The molecule has 112 valence electrons. The second-order valence-electron chi connectivity index (χ2n) is 4.19. The standard InChI is InChI=1S/C14H17N3O4/c1-3-15(4-2)11-14(17(20)21)13(16(18)19)10-12-8-6-5-7-9-12/h5-11H,3-4H2,1-2H3/b13-10+,14-11+. The lowest BCUT2D eigenvalue weighted by Crippen LogP contribution is -2.20. The van der Waals surface area contributed by atoms with Crippen LogP contribution >= 0.6 is 0 Å². The minimum Gasteiger partial charge on any atom is -0.372 e. The smallest absolute Gasteiger partial charge is 0.361 e. The van der Waals surface area contributed by atoms with Crippen LogP contribution in [0.5, 0.6) is 0 Å². The lowest BCUT2D eigenvalue weighted by molar-refractivity contribution is -0.479. The first-order chi connectivity index (χ1) is 9.99. The third-order valence-corrected chi connectivity index (χ3v) is 2.88. The minimum absolute atomic E-state index is 0.521. The quantitative estimate of drug-likeness (QED) is 0.437. The van der Waals surface area contributed by atoms with Gasteiger partial charge in [0.25, 0.3) is 0 Å². The summed E-state index contributed by atoms with van der Waals surface area (Å²) in [4.78, 5) is 22.5. The van der Waals surface area contributed by atoms with Crippen LogP contribution in [0.2, 0.25) is 0 Å². The number of hydrogen-bond acceptors (Lipinski definition) is 5. The molecule has 0 saturated carbocycles. The van der Waals surface area contributed by atoms with Crippen molar-refractivity contribution in [2.45, 2.75) is 13.8 Å². The fourth-order valence-electron chi connectivity index (χ4n) is 1.71. The number of nitrogens with zero attached hydrogens (tertiary/aromatic N) is 3. The molecule has 0 aromatic heterocycles. The molecule has 21 heavy (non-hydrogen) atoms. The molecule has 1 aromatic carbocycles. The van der Waals surface area contributed by atoms with Crippen molar-refractivity contribution >= 4 is 6.08 Å². The van der Waals surface area contributed by atoms with Gasteiger partial charge in [-0.2, -0.15) is 0 Å². The van der Waals surface area contributed by atoms with Crippen LogP contribution in [0.15, 0.2) is 47.9 Å². The predicted octanol–water partition coefficient (Wildman–Crippen LogP) is 2.76. The first kappa shape index (κ1) is 16.4. The van der Waals surface area contributed by atoms with Crippen LogP contribution in [0, 0.1) is 20.2 Å². The molecule has 0 bridgehead atoms. The lowest BCUT2D eigenvalue weighted by Gasteiger charge is -2.14. The highest BCUT2D eigenvalue weighted by molar-refractivity contribution is 5.54. The van der Waals surface area contributed by atoms with Crippen molar-refractivity contribution in [2.75, 3.05) is 13.1 Å². The molecule has 0 amide bonds. The Morgan fingerprint density at radius 2 is 1.57 bits per heavy atom. The zero-order chi connectivity index (χ0) is 15.8. The summed E-state index contributed by atoms with van der Waals surface area (Å²) in [6, 6.07) is 8.49. The summed E-state index contributed by atoms with van der Waals surface area (Å²) in [6.45, 7) is 4.71. The molecule has 0 N–H and O–H groups in total. The van der Waals surface area contributed by atoms with E-state index in [0.717, 1.165) is 0 Å². The molecule has 0 spiro atoms. The van der Waals surface area contributed by atoms with Crippen LogP contribution in [-0.4, -0.2) is 27.8 Å². The topological polar surface area (TPSA) is 89.5 Å². The van der Waals surface area contributed by atoms with Gasteiger partial charge in [-0.15, -0.1) is 0 Å². The van der Waals surface area contributed by atoms with Crippen molar-refractivity contribution in [2.24, 2.45) is 0 Å². The Kier molecular flexibility index (Phi) is 6.06. The summed E-state index contributed by atoms with van der Waals surface area (Å²) < 4.78 is 0. The van der Waals surface area contributed by atoms with Gasteiger partial charge in [0.1, 0.15) is 0 Å². The lowest BCUT2D eigenvalue weighted by atomic mass is 10.1. The van der Waals surface area contributed by atoms with E-state index in [4.69, 9.17) is 0 Å². The summed E-state index contributed by atoms with van der Waals surface area (Å²) in [6.07, 6.45) is 2.43. The number of benzene rings is 1. The largest absolute Gasteiger partial charge is 0.372 e. The van der Waals surface area contributed by atoms with E-state index in [1.807, 2.05) is 13.8 Å². The van der Waals surface area contributed by atoms with Crippen molar-refractivity contribution < 1.29 is 9.85 Å². The molecule has 0 atom stereocenters. The highest BCUT2D eigenvalue weighted by Crippen LogP contribution is 2.17. The van der Waals surface area contributed by atoms with Crippen LogP contribution in [0.25, 0.3) is 6.08 Å². The first-order valence-corrected chi connectivity index (χ1v) is 6.51. The maximum Gasteiger partial charge on any atom is 0.361 e. The van der Waals surface area contributed by atoms with Gasteiger partial charge in [-0.05, 0) is 19.4 Å². The Hall–Kier alpha value is -2.70. The van der Waals surface area contributed by atoms with Crippen LogP contribution in [0.1, 0.15) is 19.4 Å². The summed E-state index contributed by atoms with van der Waals surface area (Å²) in [5.41, 5.74) is -0.512. The van der Waals surface area contributed by atoms with E-state index in [9.17, 15) is 20.2 Å². The van der Waals surface area contributed by atoms with Crippen molar-refractivity contribution in [3.05, 3.63) is 73.7 Å². The average molecular weight is 291 g/mol. The van der Waals surface area contributed by atoms with Crippen LogP contribution in [-0.2, 0) is 0 Å². The summed E-state index contributed by atoms with van der Waals surface area (Å²) in [5, 5.41) is 22.3. The van der Waals surface area contributed by atoms with Crippen LogP contribution in [0.3, 0.4) is 0 Å². The SMILES string of the molecule is CCN(/C=C(\C(=C/c1ccccc1)[N+](=O)[O-])[N+](=O)[O-])CC. The van der Waals surface area contributed by atoms with Gasteiger partial charge in [0.2, 0.25) is 0 Å². The third kappa shape index (κ3) is 4.72. The molecule has 0 radical (unpaired) electrons. The minimum atomic E-state index is -0.731. The van der Waals surface area contributed by atoms with Gasteiger partial charge in [0.05, 0.1) is 16.0 Å². The fraction of sp³-hybridized carbons (Fsp3) is 0.286. The van der Waals surface area contributed by atoms with E-state index in [1.54, 1.807) is 35.2 Å². The molecule has 0 unspecified atom stereocenters. The summed E-state index contributed by atoms with van der Waals surface area (Å²) in [7, 11) is 0. The summed E-state index contributed by atoms with van der Waals surface area (Å²) in [5.74, 6) is 0. The van der Waals surface area contributed by atoms with Gasteiger partial charge in [-0.25, -0.2) is 0 Å². The molecular weight excluding hydrogens is 274 g/mol. The Morgan fingerprint density at radius 3 is 2.00 bits per heavy atom. The number of nitro groups is 2. The van der Waals surface area contributed by atoms with Gasteiger partial charge in [-0.1, -0.05) is 30.3 Å². The van der Waals surface area contributed by atoms with Crippen molar-refractivity contribution in [1.29, 1.82) is 0 Å². The molecular formula is C14H17N3O4. The number of hydrogen-bond donors (Lipinski definition) is 0. The first-order valence-electron chi connectivity index (χ1n) is 6.51. The maximum absolute atomic E-state index is 11.2. The zero-order valence-electron chi connectivity index (χ0n) is 11.9. The van der Waals surface area contributed by atoms with E-state index in [-0.39, 0.29) is 0 Å². The van der Waals surface area contributed by atoms with Gasteiger partial charge in [0, 0.05) is 19.2 Å². The molecule has 7 nitrogen and oxygen atoms in total. The van der Waals surface area contributed by atoms with Crippen molar-refractivity contribution in [3.8, 4) is 0 Å². The Balaban J connectivity index is 3.32. The Morgan fingerprint density at radius 1 is 1.05 bits per heavy atom. The highest BCUT2D eigenvalue weighted by atomic mass is 16.6. The molecule has 0 aliphatic heterocycles. The van der Waals surface area contributed by atoms with Gasteiger partial charge < -0.3 is 4.90 Å². The third-order valence-electron chi connectivity index (χ3n) is 2.88. The van der Waals surface area contributed by atoms with Crippen LogP contribution in [0.4, 0.5) is 0 Å². The molecule has 0 heterocycles. The Bertz CT molecular complexity index is 563. The highest BCUT2D eigenvalue weighted by Gasteiger charge is 2.29. The monoisotopic (exact) mass is 291 g/mol. The molecule has 7 heteroatoms. The second-order valence-corrected chi connectivity index (χ2v) is 4.19. The molecule has 0 saturated heterocycles. The molecule has 0 aliphatic rings.